The van der Waals surface area contributed by atoms with E-state index in [0.29, 0.717) is 28.0 Å². The molecule has 2 aromatic carbocycles. The van der Waals surface area contributed by atoms with Crippen molar-refractivity contribution in [2.75, 3.05) is 14.2 Å². The molecule has 2 aromatic rings. The molecular weight excluding hydrogens is 328 g/mol. The predicted octanol–water partition coefficient (Wildman–Crippen LogP) is 4.63. The molecular formula is C22H26O4. The quantitative estimate of drug-likeness (QED) is 0.593. The van der Waals surface area contributed by atoms with Gasteiger partial charge in [0.1, 0.15) is 11.3 Å². The first-order valence-corrected chi connectivity index (χ1v) is 8.53. The van der Waals surface area contributed by atoms with E-state index in [1.165, 1.54) is 14.2 Å². The van der Waals surface area contributed by atoms with Crippen molar-refractivity contribution >= 4 is 11.8 Å². The van der Waals surface area contributed by atoms with Crippen molar-refractivity contribution in [1.82, 2.24) is 0 Å². The molecule has 0 radical (unpaired) electrons. The highest BCUT2D eigenvalue weighted by Crippen LogP contribution is 2.38. The van der Waals surface area contributed by atoms with Crippen molar-refractivity contribution in [3.05, 3.63) is 63.7 Å². The van der Waals surface area contributed by atoms with Gasteiger partial charge in [0, 0.05) is 16.7 Å². The molecule has 4 heteroatoms. The van der Waals surface area contributed by atoms with Crippen LogP contribution in [-0.2, 0) is 10.2 Å². The first kappa shape index (κ1) is 19.7. The number of ketones is 1. The van der Waals surface area contributed by atoms with Gasteiger partial charge in [-0.3, -0.25) is 4.79 Å². The maximum absolute atomic E-state index is 13.1. The third-order valence-corrected chi connectivity index (χ3v) is 4.50. The lowest BCUT2D eigenvalue weighted by molar-refractivity contribution is 0.0596. The molecule has 0 unspecified atom stereocenters. The maximum atomic E-state index is 13.1. The van der Waals surface area contributed by atoms with Crippen LogP contribution in [0.25, 0.3) is 0 Å². The minimum atomic E-state index is -0.511. The Morgan fingerprint density at radius 2 is 1.54 bits per heavy atom. The molecule has 4 nitrogen and oxygen atoms in total. The van der Waals surface area contributed by atoms with Crippen LogP contribution < -0.4 is 4.74 Å². The summed E-state index contributed by atoms with van der Waals surface area (Å²) in [4.78, 5) is 25.6. The van der Waals surface area contributed by atoms with Crippen LogP contribution in [0.3, 0.4) is 0 Å². The zero-order chi connectivity index (χ0) is 19.6. The summed E-state index contributed by atoms with van der Waals surface area (Å²) < 4.78 is 10.5. The molecule has 0 bridgehead atoms. The van der Waals surface area contributed by atoms with Gasteiger partial charge >= 0.3 is 5.97 Å². The van der Waals surface area contributed by atoms with Gasteiger partial charge in [0.15, 0.2) is 5.78 Å². The van der Waals surface area contributed by atoms with Gasteiger partial charge in [0.05, 0.1) is 14.2 Å². The van der Waals surface area contributed by atoms with Gasteiger partial charge in [-0.05, 0) is 30.9 Å². The van der Waals surface area contributed by atoms with Crippen LogP contribution in [0, 0.1) is 13.8 Å². The van der Waals surface area contributed by atoms with Crippen LogP contribution in [0.15, 0.2) is 30.3 Å². The van der Waals surface area contributed by atoms with Gasteiger partial charge in [-0.1, -0.05) is 50.6 Å². The van der Waals surface area contributed by atoms with E-state index in [9.17, 15) is 9.59 Å². The molecule has 138 valence electrons. The summed E-state index contributed by atoms with van der Waals surface area (Å²) >= 11 is 0. The molecule has 0 spiro atoms. The molecule has 0 atom stereocenters. The summed E-state index contributed by atoms with van der Waals surface area (Å²) in [6.45, 7) is 9.77. The standard InChI is InChI=1S/C22H26O4/c1-13-8-10-15(11-9-13)19(23)16-12-17(22(3,4)5)20(25-6)18(14(16)2)21(24)26-7/h8-12H,1-7H3. The van der Waals surface area contributed by atoms with Crippen LogP contribution >= 0.6 is 0 Å². The second-order valence-corrected chi connectivity index (χ2v) is 7.44. The summed E-state index contributed by atoms with van der Waals surface area (Å²) in [7, 11) is 2.85. The molecule has 0 aliphatic rings. The normalized spacial score (nSPS) is 11.2. The Morgan fingerprint density at radius 3 is 2.00 bits per heavy atom. The molecule has 0 amide bonds. The fourth-order valence-corrected chi connectivity index (χ4v) is 2.97. The summed E-state index contributed by atoms with van der Waals surface area (Å²) in [5.74, 6) is -0.175. The highest BCUT2D eigenvalue weighted by molar-refractivity contribution is 6.12. The topological polar surface area (TPSA) is 52.6 Å². The molecule has 0 aliphatic carbocycles. The fourth-order valence-electron chi connectivity index (χ4n) is 2.97. The molecule has 0 aromatic heterocycles. The van der Waals surface area contributed by atoms with Gasteiger partial charge in [-0.15, -0.1) is 0 Å². The van der Waals surface area contributed by atoms with Gasteiger partial charge in [-0.25, -0.2) is 4.79 Å². The average molecular weight is 354 g/mol. The summed E-state index contributed by atoms with van der Waals surface area (Å²) in [5, 5.41) is 0. The van der Waals surface area contributed by atoms with Crippen molar-refractivity contribution in [2.45, 2.75) is 40.0 Å². The number of ether oxygens (including phenoxy) is 2. The highest BCUT2D eigenvalue weighted by Gasteiger charge is 2.30. The van der Waals surface area contributed by atoms with Crippen molar-refractivity contribution in [3.8, 4) is 5.75 Å². The molecule has 26 heavy (non-hydrogen) atoms. The van der Waals surface area contributed by atoms with Crippen LogP contribution in [-0.4, -0.2) is 26.0 Å². The van der Waals surface area contributed by atoms with Crippen molar-refractivity contribution in [1.29, 1.82) is 0 Å². The second-order valence-electron chi connectivity index (χ2n) is 7.44. The lowest BCUT2D eigenvalue weighted by Crippen LogP contribution is -2.20. The van der Waals surface area contributed by atoms with E-state index >= 15 is 0 Å². The first-order valence-electron chi connectivity index (χ1n) is 8.53. The minimum absolute atomic E-state index is 0.124. The third-order valence-electron chi connectivity index (χ3n) is 4.50. The van der Waals surface area contributed by atoms with E-state index in [4.69, 9.17) is 9.47 Å². The molecule has 0 fully saturated rings. The van der Waals surface area contributed by atoms with Crippen LogP contribution in [0.4, 0.5) is 0 Å². The Bertz CT molecular complexity index is 840. The Morgan fingerprint density at radius 1 is 0.962 bits per heavy atom. The van der Waals surface area contributed by atoms with Crippen molar-refractivity contribution in [3.63, 3.8) is 0 Å². The van der Waals surface area contributed by atoms with Gasteiger partial charge in [-0.2, -0.15) is 0 Å². The maximum Gasteiger partial charge on any atom is 0.341 e. The van der Waals surface area contributed by atoms with Crippen molar-refractivity contribution in [2.24, 2.45) is 0 Å². The number of esters is 1. The number of hydrogen-bond acceptors (Lipinski definition) is 4. The molecule has 0 heterocycles. The van der Waals surface area contributed by atoms with E-state index in [1.807, 2.05) is 45.9 Å². The number of rotatable bonds is 4. The first-order chi connectivity index (χ1) is 12.1. The Hall–Kier alpha value is -2.62. The Balaban J connectivity index is 2.79. The van der Waals surface area contributed by atoms with Crippen LogP contribution in [0.5, 0.6) is 5.75 Å². The van der Waals surface area contributed by atoms with Gasteiger partial charge < -0.3 is 9.47 Å². The fraction of sp³-hybridized carbons (Fsp3) is 0.364. The summed E-state index contributed by atoms with van der Waals surface area (Å²) in [5.41, 5.74) is 3.49. The number of carbonyl (C=O) groups is 2. The SMILES string of the molecule is COC(=O)c1c(C)c(C(=O)c2ccc(C)cc2)cc(C(C)(C)C)c1OC. The smallest absolute Gasteiger partial charge is 0.341 e. The monoisotopic (exact) mass is 354 g/mol. The van der Waals surface area contributed by atoms with Crippen LogP contribution in [0.2, 0.25) is 0 Å². The van der Waals surface area contributed by atoms with E-state index in [-0.39, 0.29) is 11.2 Å². The lowest BCUT2D eigenvalue weighted by Gasteiger charge is -2.26. The molecule has 0 aliphatic heterocycles. The van der Waals surface area contributed by atoms with E-state index in [0.717, 1.165) is 11.1 Å². The van der Waals surface area contributed by atoms with E-state index < -0.39 is 5.97 Å². The number of aryl methyl sites for hydroxylation is 1. The van der Waals surface area contributed by atoms with E-state index in [2.05, 4.69) is 0 Å². The number of carbonyl (C=O) groups excluding carboxylic acids is 2. The summed E-state index contributed by atoms with van der Waals surface area (Å²) in [6.07, 6.45) is 0. The third kappa shape index (κ3) is 3.64. The minimum Gasteiger partial charge on any atom is -0.496 e. The molecule has 0 saturated carbocycles. The number of methoxy groups -OCH3 is 2. The molecule has 0 saturated heterocycles. The van der Waals surface area contributed by atoms with Gasteiger partial charge in [0.2, 0.25) is 0 Å². The second kappa shape index (κ2) is 7.32. The average Bonchev–Trinajstić information content (AvgIpc) is 2.59. The predicted molar refractivity (Wildman–Crippen MR) is 102 cm³/mol. The number of hydrogen-bond donors (Lipinski definition) is 0. The number of benzene rings is 2. The molecule has 0 N–H and O–H groups in total. The Kier molecular flexibility index (Phi) is 5.55. The Labute approximate surface area is 155 Å². The zero-order valence-corrected chi connectivity index (χ0v) is 16.5. The highest BCUT2D eigenvalue weighted by atomic mass is 16.5. The largest absolute Gasteiger partial charge is 0.496 e. The molecule has 2 rings (SSSR count). The van der Waals surface area contributed by atoms with Crippen LogP contribution in [0.1, 0.15) is 63.7 Å². The zero-order valence-electron chi connectivity index (χ0n) is 16.5. The van der Waals surface area contributed by atoms with E-state index in [1.54, 1.807) is 19.1 Å². The van der Waals surface area contributed by atoms with Gasteiger partial charge in [0.25, 0.3) is 0 Å². The van der Waals surface area contributed by atoms with Crippen molar-refractivity contribution < 1.29 is 19.1 Å². The lowest BCUT2D eigenvalue weighted by atomic mass is 9.81. The summed E-state index contributed by atoms with van der Waals surface area (Å²) in [6, 6.07) is 9.24.